The maximum absolute atomic E-state index is 13.1. The second kappa shape index (κ2) is 6.96. The van der Waals surface area contributed by atoms with Crippen molar-refractivity contribution < 1.29 is 4.79 Å². The molecule has 132 valence electrons. The maximum atomic E-state index is 13.1. The topological polar surface area (TPSA) is 55.2 Å². The molecule has 0 saturated carbocycles. The number of carbonyl (C=O) groups excluding carboxylic acids is 1. The molecule has 0 aliphatic carbocycles. The second-order valence-electron chi connectivity index (χ2n) is 6.59. The summed E-state index contributed by atoms with van der Waals surface area (Å²) in [5.74, 6) is -0.219. The van der Waals surface area contributed by atoms with E-state index in [9.17, 15) is 9.59 Å². The molecule has 1 amide bonds. The molecule has 3 rings (SSSR count). The third kappa shape index (κ3) is 3.28. The highest BCUT2D eigenvalue weighted by Crippen LogP contribution is 2.22. The van der Waals surface area contributed by atoms with Gasteiger partial charge < -0.3 is 4.90 Å². The van der Waals surface area contributed by atoms with Crippen molar-refractivity contribution in [2.45, 2.75) is 19.4 Å². The number of para-hydroxylation sites is 1. The van der Waals surface area contributed by atoms with Crippen LogP contribution in [-0.2, 0) is 10.3 Å². The molecule has 1 aromatic heterocycles. The van der Waals surface area contributed by atoms with Crippen LogP contribution in [0.1, 0.15) is 13.8 Å². The smallest absolute Gasteiger partial charge is 0.267 e. The van der Waals surface area contributed by atoms with Gasteiger partial charge in [0.05, 0.1) is 5.69 Å². The summed E-state index contributed by atoms with van der Waals surface area (Å²) in [5, 5.41) is 4.47. The second-order valence-corrected chi connectivity index (χ2v) is 6.59. The fourth-order valence-electron chi connectivity index (χ4n) is 2.84. The normalized spacial score (nSPS) is 11.2. The SMILES string of the molecule is CN(C(=O)C(C)(C)n1nc(-c2ccccc2)ccc1=O)c1ccccc1. The first-order valence-corrected chi connectivity index (χ1v) is 8.41. The van der Waals surface area contributed by atoms with E-state index in [1.165, 1.54) is 10.7 Å². The van der Waals surface area contributed by atoms with Gasteiger partial charge in [0.15, 0.2) is 0 Å². The van der Waals surface area contributed by atoms with Crippen molar-refractivity contribution in [1.82, 2.24) is 9.78 Å². The van der Waals surface area contributed by atoms with E-state index < -0.39 is 5.54 Å². The number of anilines is 1. The summed E-state index contributed by atoms with van der Waals surface area (Å²) >= 11 is 0. The minimum absolute atomic E-state index is 0.219. The predicted molar refractivity (Wildman–Crippen MR) is 103 cm³/mol. The number of hydrogen-bond donors (Lipinski definition) is 0. The lowest BCUT2D eigenvalue weighted by molar-refractivity contribution is -0.126. The molecule has 26 heavy (non-hydrogen) atoms. The highest BCUT2D eigenvalue weighted by Gasteiger charge is 2.35. The first kappa shape index (κ1) is 17.6. The lowest BCUT2D eigenvalue weighted by Crippen LogP contribution is -2.50. The van der Waals surface area contributed by atoms with Gasteiger partial charge in [0, 0.05) is 24.4 Å². The Morgan fingerprint density at radius 2 is 1.50 bits per heavy atom. The zero-order valence-electron chi connectivity index (χ0n) is 15.1. The van der Waals surface area contributed by atoms with Crippen molar-refractivity contribution in [3.05, 3.63) is 83.2 Å². The van der Waals surface area contributed by atoms with Crippen molar-refractivity contribution in [3.63, 3.8) is 0 Å². The molecular weight excluding hydrogens is 326 g/mol. The third-order valence-electron chi connectivity index (χ3n) is 4.37. The molecule has 0 fully saturated rings. The van der Waals surface area contributed by atoms with Crippen LogP contribution in [0.15, 0.2) is 77.6 Å². The van der Waals surface area contributed by atoms with Crippen molar-refractivity contribution in [2.24, 2.45) is 0 Å². The Kier molecular flexibility index (Phi) is 4.71. The predicted octanol–water partition coefficient (Wildman–Crippen LogP) is 3.31. The van der Waals surface area contributed by atoms with E-state index >= 15 is 0 Å². The van der Waals surface area contributed by atoms with Gasteiger partial charge >= 0.3 is 0 Å². The van der Waals surface area contributed by atoms with Gasteiger partial charge in [-0.15, -0.1) is 0 Å². The molecular formula is C21H21N3O2. The van der Waals surface area contributed by atoms with Crippen LogP contribution in [0.4, 0.5) is 5.69 Å². The lowest BCUT2D eigenvalue weighted by atomic mass is 10.0. The fourth-order valence-corrected chi connectivity index (χ4v) is 2.84. The lowest BCUT2D eigenvalue weighted by Gasteiger charge is -2.30. The summed E-state index contributed by atoms with van der Waals surface area (Å²) < 4.78 is 1.26. The van der Waals surface area contributed by atoms with Crippen LogP contribution >= 0.6 is 0 Å². The van der Waals surface area contributed by atoms with Crippen molar-refractivity contribution in [1.29, 1.82) is 0 Å². The Balaban J connectivity index is 2.01. The Bertz CT molecular complexity index is 963. The van der Waals surface area contributed by atoms with Crippen LogP contribution < -0.4 is 10.5 Å². The van der Waals surface area contributed by atoms with Crippen LogP contribution in [0.3, 0.4) is 0 Å². The number of nitrogens with zero attached hydrogens (tertiary/aromatic N) is 3. The number of hydrogen-bond acceptors (Lipinski definition) is 3. The average molecular weight is 347 g/mol. The van der Waals surface area contributed by atoms with Gasteiger partial charge in [-0.3, -0.25) is 9.59 Å². The number of aromatic nitrogens is 2. The van der Waals surface area contributed by atoms with Crippen molar-refractivity contribution >= 4 is 11.6 Å². The summed E-state index contributed by atoms with van der Waals surface area (Å²) in [6.07, 6.45) is 0. The molecule has 0 aliphatic rings. The largest absolute Gasteiger partial charge is 0.313 e. The van der Waals surface area contributed by atoms with Gasteiger partial charge in [0.2, 0.25) is 0 Å². The van der Waals surface area contributed by atoms with E-state index in [0.717, 1.165) is 11.3 Å². The van der Waals surface area contributed by atoms with Gasteiger partial charge in [0.25, 0.3) is 11.5 Å². The van der Waals surface area contributed by atoms with Crippen LogP contribution in [0.5, 0.6) is 0 Å². The monoisotopic (exact) mass is 347 g/mol. The van der Waals surface area contributed by atoms with Crippen molar-refractivity contribution in [2.75, 3.05) is 11.9 Å². The fraction of sp³-hybridized carbons (Fsp3) is 0.190. The Hall–Kier alpha value is -3.21. The van der Waals surface area contributed by atoms with Gasteiger partial charge in [0.1, 0.15) is 5.54 Å². The standard InChI is InChI=1S/C21H21N3O2/c1-21(2,20(26)23(3)17-12-8-5-9-13-17)24-19(25)15-14-18(22-24)16-10-6-4-7-11-16/h4-15H,1-3H3. The summed E-state index contributed by atoms with van der Waals surface area (Å²) in [4.78, 5) is 27.1. The third-order valence-corrected chi connectivity index (χ3v) is 4.37. The minimum Gasteiger partial charge on any atom is -0.313 e. The molecule has 0 unspecified atom stereocenters. The number of amides is 1. The highest BCUT2D eigenvalue weighted by molar-refractivity contribution is 5.97. The van der Waals surface area contributed by atoms with E-state index in [-0.39, 0.29) is 11.5 Å². The number of carbonyl (C=O) groups is 1. The molecule has 0 radical (unpaired) electrons. The van der Waals surface area contributed by atoms with Gasteiger partial charge in [-0.1, -0.05) is 48.5 Å². The summed E-state index contributed by atoms with van der Waals surface area (Å²) in [6.45, 7) is 3.41. The minimum atomic E-state index is -1.13. The first-order valence-electron chi connectivity index (χ1n) is 8.41. The molecule has 5 heteroatoms. The zero-order chi connectivity index (χ0) is 18.7. The van der Waals surface area contributed by atoms with Crippen LogP contribution in [0, 0.1) is 0 Å². The van der Waals surface area contributed by atoms with Gasteiger partial charge in [-0.2, -0.15) is 5.10 Å². The summed E-state index contributed by atoms with van der Waals surface area (Å²) in [5.41, 5.74) is 0.851. The van der Waals surface area contributed by atoms with E-state index in [1.54, 1.807) is 31.9 Å². The summed E-state index contributed by atoms with van der Waals surface area (Å²) in [6, 6.07) is 22.0. The number of benzene rings is 2. The van der Waals surface area contributed by atoms with Gasteiger partial charge in [-0.05, 0) is 32.0 Å². The number of rotatable bonds is 4. The van der Waals surface area contributed by atoms with E-state index in [4.69, 9.17) is 0 Å². The number of likely N-dealkylation sites (N-methyl/N-ethyl adjacent to an activating group) is 1. The maximum Gasteiger partial charge on any atom is 0.267 e. The highest BCUT2D eigenvalue weighted by atomic mass is 16.2. The molecule has 0 atom stereocenters. The Labute approximate surface area is 152 Å². The zero-order valence-corrected chi connectivity index (χ0v) is 15.1. The van der Waals surface area contributed by atoms with E-state index in [1.807, 2.05) is 60.7 Å². The van der Waals surface area contributed by atoms with Crippen LogP contribution in [0.25, 0.3) is 11.3 Å². The average Bonchev–Trinajstić information content (AvgIpc) is 2.68. The molecule has 0 spiro atoms. The first-order chi connectivity index (χ1) is 12.4. The van der Waals surface area contributed by atoms with Gasteiger partial charge in [-0.25, -0.2) is 4.68 Å². The Morgan fingerprint density at radius 3 is 2.12 bits per heavy atom. The quantitative estimate of drug-likeness (QED) is 0.727. The van der Waals surface area contributed by atoms with Crippen molar-refractivity contribution in [3.8, 4) is 11.3 Å². The van der Waals surface area contributed by atoms with E-state index in [0.29, 0.717) is 5.69 Å². The molecule has 3 aromatic rings. The molecule has 2 aromatic carbocycles. The molecule has 1 heterocycles. The van der Waals surface area contributed by atoms with Crippen LogP contribution in [0.2, 0.25) is 0 Å². The molecule has 0 bridgehead atoms. The molecule has 0 saturated heterocycles. The summed E-state index contributed by atoms with van der Waals surface area (Å²) in [7, 11) is 1.70. The van der Waals surface area contributed by atoms with Crippen LogP contribution in [-0.4, -0.2) is 22.7 Å². The Morgan fingerprint density at radius 1 is 0.923 bits per heavy atom. The molecule has 5 nitrogen and oxygen atoms in total. The van der Waals surface area contributed by atoms with E-state index in [2.05, 4.69) is 5.10 Å². The molecule has 0 N–H and O–H groups in total. The molecule has 0 aliphatic heterocycles.